The third-order valence-corrected chi connectivity index (χ3v) is 3.78. The number of nitrogens with two attached hydrogens (primary N) is 1. The van der Waals surface area contributed by atoms with E-state index in [4.69, 9.17) is 10.2 Å². The standard InChI is InChI=1S/C13H21NO/c1-4-10-7-9-5-6-13(2,3)11(8-14)12(9)15-10/h7,11H,4-6,8,14H2,1-3H3. The zero-order valence-corrected chi connectivity index (χ0v) is 9.97. The normalized spacial score (nSPS) is 23.9. The average Bonchev–Trinajstić information content (AvgIpc) is 2.59. The van der Waals surface area contributed by atoms with Crippen molar-refractivity contribution in [2.24, 2.45) is 11.1 Å². The number of aryl methyl sites for hydroxylation is 2. The summed E-state index contributed by atoms with van der Waals surface area (Å²) in [6.45, 7) is 7.41. The fourth-order valence-electron chi connectivity index (χ4n) is 2.58. The molecule has 2 rings (SSSR count). The van der Waals surface area contributed by atoms with E-state index in [1.165, 1.54) is 12.0 Å². The van der Waals surface area contributed by atoms with Gasteiger partial charge in [-0.25, -0.2) is 0 Å². The summed E-state index contributed by atoms with van der Waals surface area (Å²) in [6, 6.07) is 2.22. The van der Waals surface area contributed by atoms with Gasteiger partial charge in [0, 0.05) is 18.9 Å². The summed E-state index contributed by atoms with van der Waals surface area (Å²) >= 11 is 0. The molecule has 2 nitrogen and oxygen atoms in total. The van der Waals surface area contributed by atoms with Gasteiger partial charge in [-0.05, 0) is 29.9 Å². The predicted octanol–water partition coefficient (Wildman–Crippen LogP) is 2.86. The Hall–Kier alpha value is -0.760. The highest BCUT2D eigenvalue weighted by atomic mass is 16.3. The largest absolute Gasteiger partial charge is 0.465 e. The molecule has 1 aliphatic rings. The topological polar surface area (TPSA) is 39.2 Å². The van der Waals surface area contributed by atoms with Crippen molar-refractivity contribution < 1.29 is 4.42 Å². The van der Waals surface area contributed by atoms with E-state index in [0.717, 1.165) is 24.4 Å². The molecule has 0 spiro atoms. The van der Waals surface area contributed by atoms with Crippen LogP contribution in [0.4, 0.5) is 0 Å². The fourth-order valence-corrected chi connectivity index (χ4v) is 2.58. The predicted molar refractivity (Wildman–Crippen MR) is 62.0 cm³/mol. The molecule has 0 saturated heterocycles. The van der Waals surface area contributed by atoms with Crippen LogP contribution in [0, 0.1) is 5.41 Å². The van der Waals surface area contributed by atoms with Crippen molar-refractivity contribution in [1.82, 2.24) is 0 Å². The molecule has 1 aromatic rings. The molecule has 0 saturated carbocycles. The Morgan fingerprint density at radius 2 is 2.27 bits per heavy atom. The summed E-state index contributed by atoms with van der Waals surface area (Å²) in [4.78, 5) is 0. The van der Waals surface area contributed by atoms with Gasteiger partial charge in [0.05, 0.1) is 0 Å². The van der Waals surface area contributed by atoms with E-state index in [0.29, 0.717) is 12.5 Å². The van der Waals surface area contributed by atoms with Gasteiger partial charge >= 0.3 is 0 Å². The number of fused-ring (bicyclic) bond motifs is 1. The Balaban J connectivity index is 2.41. The lowest BCUT2D eigenvalue weighted by Crippen LogP contribution is -2.32. The van der Waals surface area contributed by atoms with Crippen LogP contribution in [0.1, 0.15) is 50.2 Å². The number of rotatable bonds is 2. The van der Waals surface area contributed by atoms with Crippen LogP contribution in [0.3, 0.4) is 0 Å². The number of hydrogen-bond donors (Lipinski definition) is 1. The molecule has 2 heteroatoms. The lowest BCUT2D eigenvalue weighted by molar-refractivity contribution is 0.216. The fraction of sp³-hybridized carbons (Fsp3) is 0.692. The minimum absolute atomic E-state index is 0.282. The summed E-state index contributed by atoms with van der Waals surface area (Å²) in [5, 5.41) is 0. The van der Waals surface area contributed by atoms with Gasteiger partial charge in [0.15, 0.2) is 0 Å². The first kappa shape index (κ1) is 10.7. The molecule has 1 aromatic heterocycles. The molecule has 1 heterocycles. The van der Waals surface area contributed by atoms with Crippen LogP contribution < -0.4 is 5.73 Å². The van der Waals surface area contributed by atoms with Crippen molar-refractivity contribution >= 4 is 0 Å². The summed E-state index contributed by atoms with van der Waals surface area (Å²) in [7, 11) is 0. The van der Waals surface area contributed by atoms with Crippen LogP contribution in [-0.2, 0) is 12.8 Å². The maximum atomic E-state index is 5.91. The van der Waals surface area contributed by atoms with E-state index in [9.17, 15) is 0 Å². The van der Waals surface area contributed by atoms with Crippen molar-refractivity contribution in [3.8, 4) is 0 Å². The van der Waals surface area contributed by atoms with Crippen molar-refractivity contribution in [2.45, 2.75) is 46.0 Å². The van der Waals surface area contributed by atoms with E-state index >= 15 is 0 Å². The van der Waals surface area contributed by atoms with Gasteiger partial charge in [0.25, 0.3) is 0 Å². The maximum Gasteiger partial charge on any atom is 0.112 e. The minimum Gasteiger partial charge on any atom is -0.465 e. The summed E-state index contributed by atoms with van der Waals surface area (Å²) in [5.41, 5.74) is 7.56. The monoisotopic (exact) mass is 207 g/mol. The number of furan rings is 1. The summed E-state index contributed by atoms with van der Waals surface area (Å²) < 4.78 is 5.91. The molecule has 0 aromatic carbocycles. The zero-order chi connectivity index (χ0) is 11.1. The van der Waals surface area contributed by atoms with Crippen LogP contribution in [0.25, 0.3) is 0 Å². The molecule has 0 amide bonds. The van der Waals surface area contributed by atoms with Gasteiger partial charge < -0.3 is 10.2 Å². The molecule has 15 heavy (non-hydrogen) atoms. The van der Waals surface area contributed by atoms with E-state index < -0.39 is 0 Å². The molecule has 2 N–H and O–H groups in total. The zero-order valence-electron chi connectivity index (χ0n) is 9.97. The van der Waals surface area contributed by atoms with Gasteiger partial charge in [0.1, 0.15) is 11.5 Å². The molecule has 1 atom stereocenters. The lowest BCUT2D eigenvalue weighted by atomic mass is 9.69. The Labute approximate surface area is 91.8 Å². The third-order valence-electron chi connectivity index (χ3n) is 3.78. The Morgan fingerprint density at radius 1 is 1.53 bits per heavy atom. The van der Waals surface area contributed by atoms with E-state index in [1.54, 1.807) is 0 Å². The van der Waals surface area contributed by atoms with Crippen LogP contribution in [0.5, 0.6) is 0 Å². The van der Waals surface area contributed by atoms with Crippen molar-refractivity contribution in [3.63, 3.8) is 0 Å². The second-order valence-corrected chi connectivity index (χ2v) is 5.23. The van der Waals surface area contributed by atoms with E-state index in [2.05, 4.69) is 26.8 Å². The van der Waals surface area contributed by atoms with Gasteiger partial charge in [-0.1, -0.05) is 20.8 Å². The first-order valence-electron chi connectivity index (χ1n) is 5.90. The van der Waals surface area contributed by atoms with Crippen molar-refractivity contribution in [1.29, 1.82) is 0 Å². The third kappa shape index (κ3) is 1.71. The second kappa shape index (κ2) is 3.67. The Kier molecular flexibility index (Phi) is 2.63. The average molecular weight is 207 g/mol. The molecule has 0 aliphatic heterocycles. The molecule has 84 valence electrons. The molecular weight excluding hydrogens is 186 g/mol. The van der Waals surface area contributed by atoms with Crippen LogP contribution in [-0.4, -0.2) is 6.54 Å². The van der Waals surface area contributed by atoms with E-state index in [-0.39, 0.29) is 5.41 Å². The van der Waals surface area contributed by atoms with E-state index in [1.807, 2.05) is 0 Å². The molecular formula is C13H21NO. The van der Waals surface area contributed by atoms with Crippen molar-refractivity contribution in [2.75, 3.05) is 6.54 Å². The second-order valence-electron chi connectivity index (χ2n) is 5.23. The van der Waals surface area contributed by atoms with Crippen molar-refractivity contribution in [3.05, 3.63) is 23.2 Å². The highest BCUT2D eigenvalue weighted by Crippen LogP contribution is 2.45. The first-order valence-corrected chi connectivity index (χ1v) is 5.90. The molecule has 0 bridgehead atoms. The number of hydrogen-bond acceptors (Lipinski definition) is 2. The summed E-state index contributed by atoms with van der Waals surface area (Å²) in [5.74, 6) is 2.66. The van der Waals surface area contributed by atoms with Crippen LogP contribution in [0.2, 0.25) is 0 Å². The van der Waals surface area contributed by atoms with Crippen LogP contribution in [0.15, 0.2) is 10.5 Å². The van der Waals surface area contributed by atoms with Gasteiger partial charge in [-0.15, -0.1) is 0 Å². The SMILES string of the molecule is CCc1cc2c(o1)C(CN)C(C)(C)CC2. The van der Waals surface area contributed by atoms with Crippen LogP contribution >= 0.6 is 0 Å². The van der Waals surface area contributed by atoms with Gasteiger partial charge in [0.2, 0.25) is 0 Å². The maximum absolute atomic E-state index is 5.91. The minimum atomic E-state index is 0.282. The molecule has 1 unspecified atom stereocenters. The molecule has 0 radical (unpaired) electrons. The summed E-state index contributed by atoms with van der Waals surface area (Å²) in [6.07, 6.45) is 3.33. The Bertz CT molecular complexity index is 351. The molecule has 1 aliphatic carbocycles. The smallest absolute Gasteiger partial charge is 0.112 e. The first-order chi connectivity index (χ1) is 7.08. The highest BCUT2D eigenvalue weighted by molar-refractivity contribution is 5.29. The quantitative estimate of drug-likeness (QED) is 0.810. The lowest BCUT2D eigenvalue weighted by Gasteiger charge is -2.36. The van der Waals surface area contributed by atoms with Gasteiger partial charge in [-0.3, -0.25) is 0 Å². The Morgan fingerprint density at radius 3 is 2.87 bits per heavy atom. The highest BCUT2D eigenvalue weighted by Gasteiger charge is 2.37. The van der Waals surface area contributed by atoms with Gasteiger partial charge in [-0.2, -0.15) is 0 Å². The molecule has 0 fully saturated rings.